The molecule has 0 unspecified atom stereocenters. The van der Waals surface area contributed by atoms with Crippen molar-refractivity contribution >= 4 is 17.3 Å². The number of methoxy groups -OCH3 is 1. The number of carbonyl (C=O) groups excluding carboxylic acids is 1. The molecule has 0 aliphatic heterocycles. The average Bonchev–Trinajstić information content (AvgIpc) is 2.59. The number of amides is 1. The van der Waals surface area contributed by atoms with E-state index in [0.717, 1.165) is 24.3 Å². The standard InChI is InChI=1S/C16H13F3N2O5/c1-25-14-8-12(6-7-13(14)21(23)24)26-9-15(22)20-11-4-2-10(3-5-11)16(17,18)19/h2-8H,9H2,1H3,(H,20,22). The SMILES string of the molecule is COc1cc(OCC(=O)Nc2ccc(C(F)(F)F)cc2)ccc1[N+](=O)[O-]. The van der Waals surface area contributed by atoms with E-state index in [-0.39, 0.29) is 22.9 Å². The molecule has 2 aromatic carbocycles. The normalized spacial score (nSPS) is 10.9. The highest BCUT2D eigenvalue weighted by Crippen LogP contribution is 2.31. The smallest absolute Gasteiger partial charge is 0.416 e. The molecule has 10 heteroatoms. The van der Waals surface area contributed by atoms with Crippen molar-refractivity contribution < 1.29 is 32.4 Å². The summed E-state index contributed by atoms with van der Waals surface area (Å²) in [5.41, 5.74) is -0.911. The Labute approximate surface area is 145 Å². The van der Waals surface area contributed by atoms with Gasteiger partial charge in [0.25, 0.3) is 5.91 Å². The Bertz CT molecular complexity index is 807. The summed E-state index contributed by atoms with van der Waals surface area (Å²) in [5, 5.41) is 13.2. The lowest BCUT2D eigenvalue weighted by atomic mass is 10.2. The number of ether oxygens (including phenoxy) is 2. The van der Waals surface area contributed by atoms with Gasteiger partial charge in [0.1, 0.15) is 5.75 Å². The van der Waals surface area contributed by atoms with Gasteiger partial charge >= 0.3 is 11.9 Å². The third-order valence-corrected chi connectivity index (χ3v) is 3.21. The van der Waals surface area contributed by atoms with Crippen LogP contribution in [0.4, 0.5) is 24.5 Å². The van der Waals surface area contributed by atoms with Gasteiger partial charge in [-0.3, -0.25) is 14.9 Å². The minimum atomic E-state index is -4.46. The van der Waals surface area contributed by atoms with Crippen molar-refractivity contribution in [2.45, 2.75) is 6.18 Å². The van der Waals surface area contributed by atoms with Crippen LogP contribution in [0, 0.1) is 10.1 Å². The zero-order chi connectivity index (χ0) is 19.3. The fraction of sp³-hybridized carbons (Fsp3) is 0.188. The number of halogens is 3. The minimum Gasteiger partial charge on any atom is -0.490 e. The molecule has 7 nitrogen and oxygen atoms in total. The van der Waals surface area contributed by atoms with Crippen LogP contribution in [0.25, 0.3) is 0 Å². The molecule has 0 aliphatic rings. The first kappa shape index (κ1) is 19.0. The first-order valence-corrected chi connectivity index (χ1v) is 7.13. The van der Waals surface area contributed by atoms with Gasteiger partial charge in [0.2, 0.25) is 5.75 Å². The molecule has 0 spiro atoms. The summed E-state index contributed by atoms with van der Waals surface area (Å²) in [6.45, 7) is -0.442. The topological polar surface area (TPSA) is 90.7 Å². The summed E-state index contributed by atoms with van der Waals surface area (Å²) in [4.78, 5) is 22.0. The van der Waals surface area contributed by atoms with Crippen molar-refractivity contribution in [3.05, 3.63) is 58.1 Å². The maximum absolute atomic E-state index is 12.5. The van der Waals surface area contributed by atoms with Gasteiger partial charge < -0.3 is 14.8 Å². The Morgan fingerprint density at radius 2 is 1.85 bits per heavy atom. The van der Waals surface area contributed by atoms with Crippen molar-refractivity contribution in [3.63, 3.8) is 0 Å². The molecule has 0 atom stereocenters. The van der Waals surface area contributed by atoms with Crippen LogP contribution in [0.3, 0.4) is 0 Å². The zero-order valence-corrected chi connectivity index (χ0v) is 13.4. The molecular formula is C16H13F3N2O5. The fourth-order valence-electron chi connectivity index (χ4n) is 1.99. The molecule has 0 saturated carbocycles. The molecule has 26 heavy (non-hydrogen) atoms. The predicted molar refractivity (Wildman–Crippen MR) is 85.2 cm³/mol. The largest absolute Gasteiger partial charge is 0.490 e. The van der Waals surface area contributed by atoms with E-state index in [9.17, 15) is 28.1 Å². The molecule has 0 aliphatic carbocycles. The lowest BCUT2D eigenvalue weighted by molar-refractivity contribution is -0.385. The summed E-state index contributed by atoms with van der Waals surface area (Å²) in [7, 11) is 1.25. The molecular weight excluding hydrogens is 357 g/mol. The number of nitrogens with one attached hydrogen (secondary N) is 1. The Hall–Kier alpha value is -3.30. The summed E-state index contributed by atoms with van der Waals surface area (Å²) in [5.74, 6) is -0.479. The molecule has 1 N–H and O–H groups in total. The predicted octanol–water partition coefficient (Wildman–Crippen LogP) is 3.64. The van der Waals surface area contributed by atoms with Crippen molar-refractivity contribution in [3.8, 4) is 11.5 Å². The van der Waals surface area contributed by atoms with Gasteiger partial charge in [-0.2, -0.15) is 13.2 Å². The number of rotatable bonds is 6. The van der Waals surface area contributed by atoms with E-state index >= 15 is 0 Å². The highest BCUT2D eigenvalue weighted by Gasteiger charge is 2.30. The third kappa shape index (κ3) is 4.85. The molecule has 0 aromatic heterocycles. The highest BCUT2D eigenvalue weighted by molar-refractivity contribution is 5.91. The van der Waals surface area contributed by atoms with Crippen molar-refractivity contribution in [2.75, 3.05) is 19.0 Å². The lowest BCUT2D eigenvalue weighted by Gasteiger charge is -2.10. The summed E-state index contributed by atoms with van der Waals surface area (Å²) in [6.07, 6.45) is -4.46. The average molecular weight is 370 g/mol. The summed E-state index contributed by atoms with van der Waals surface area (Å²) in [6, 6.07) is 7.65. The second kappa shape index (κ2) is 7.72. The van der Waals surface area contributed by atoms with Crippen LogP contribution in [0.5, 0.6) is 11.5 Å². The Morgan fingerprint density at radius 3 is 2.38 bits per heavy atom. The lowest BCUT2D eigenvalue weighted by Crippen LogP contribution is -2.20. The Kier molecular flexibility index (Phi) is 5.65. The number of nitro groups is 1. The monoisotopic (exact) mass is 370 g/mol. The quantitative estimate of drug-likeness (QED) is 0.619. The van der Waals surface area contributed by atoms with Crippen LogP contribution < -0.4 is 14.8 Å². The van der Waals surface area contributed by atoms with Crippen LogP contribution in [-0.4, -0.2) is 24.5 Å². The number of nitro benzene ring substituents is 1. The van der Waals surface area contributed by atoms with Crippen LogP contribution in [0.1, 0.15) is 5.56 Å². The van der Waals surface area contributed by atoms with Crippen molar-refractivity contribution in [1.29, 1.82) is 0 Å². The van der Waals surface area contributed by atoms with Crippen molar-refractivity contribution in [2.24, 2.45) is 0 Å². The second-order valence-electron chi connectivity index (χ2n) is 5.00. The number of nitrogens with zero attached hydrogens (tertiary/aromatic N) is 1. The number of hydrogen-bond donors (Lipinski definition) is 1. The molecule has 0 bridgehead atoms. The number of hydrogen-bond acceptors (Lipinski definition) is 5. The van der Waals surface area contributed by atoms with E-state index in [1.54, 1.807) is 0 Å². The molecule has 0 radical (unpaired) electrons. The van der Waals surface area contributed by atoms with Gasteiger partial charge in [-0.15, -0.1) is 0 Å². The molecule has 138 valence electrons. The molecule has 2 aromatic rings. The van der Waals surface area contributed by atoms with Gasteiger partial charge in [-0.25, -0.2) is 0 Å². The van der Waals surface area contributed by atoms with E-state index < -0.39 is 29.2 Å². The first-order valence-electron chi connectivity index (χ1n) is 7.13. The first-order chi connectivity index (χ1) is 12.2. The van der Waals surface area contributed by atoms with Crippen LogP contribution in [0.2, 0.25) is 0 Å². The number of benzene rings is 2. The molecule has 0 heterocycles. The van der Waals surface area contributed by atoms with Crippen LogP contribution in [0.15, 0.2) is 42.5 Å². The Balaban J connectivity index is 1.95. The maximum Gasteiger partial charge on any atom is 0.416 e. The third-order valence-electron chi connectivity index (χ3n) is 3.21. The molecule has 1 amide bonds. The maximum atomic E-state index is 12.5. The highest BCUT2D eigenvalue weighted by atomic mass is 19.4. The molecule has 0 saturated heterocycles. The number of carbonyl (C=O) groups is 1. The minimum absolute atomic E-state index is 0.0318. The number of alkyl halides is 3. The van der Waals surface area contributed by atoms with Gasteiger partial charge in [0, 0.05) is 17.8 Å². The van der Waals surface area contributed by atoms with Gasteiger partial charge in [0.05, 0.1) is 17.6 Å². The molecule has 0 fully saturated rings. The number of anilines is 1. The summed E-state index contributed by atoms with van der Waals surface area (Å²) >= 11 is 0. The van der Waals surface area contributed by atoms with E-state index in [2.05, 4.69) is 5.32 Å². The Morgan fingerprint density at radius 1 is 1.19 bits per heavy atom. The van der Waals surface area contributed by atoms with Crippen LogP contribution in [-0.2, 0) is 11.0 Å². The summed E-state index contributed by atoms with van der Waals surface area (Å²) < 4.78 is 47.5. The van der Waals surface area contributed by atoms with E-state index in [1.807, 2.05) is 0 Å². The fourth-order valence-corrected chi connectivity index (χ4v) is 1.99. The van der Waals surface area contributed by atoms with Crippen molar-refractivity contribution in [1.82, 2.24) is 0 Å². The molecule has 2 rings (SSSR count). The zero-order valence-electron chi connectivity index (χ0n) is 13.4. The van der Waals surface area contributed by atoms with Gasteiger partial charge in [-0.1, -0.05) is 0 Å². The van der Waals surface area contributed by atoms with Gasteiger partial charge in [0.15, 0.2) is 6.61 Å². The van der Waals surface area contributed by atoms with E-state index in [0.29, 0.717) is 0 Å². The van der Waals surface area contributed by atoms with Gasteiger partial charge in [-0.05, 0) is 30.3 Å². The van der Waals surface area contributed by atoms with Crippen LogP contribution >= 0.6 is 0 Å². The van der Waals surface area contributed by atoms with E-state index in [1.165, 1.54) is 25.3 Å². The second-order valence-corrected chi connectivity index (χ2v) is 5.00. The van der Waals surface area contributed by atoms with E-state index in [4.69, 9.17) is 9.47 Å².